The number of amides is 1. The van der Waals surface area contributed by atoms with Gasteiger partial charge in [0.05, 0.1) is 32.1 Å². The van der Waals surface area contributed by atoms with Crippen molar-refractivity contribution in [2.75, 3.05) is 32.6 Å². The molecule has 1 aliphatic heterocycles. The third-order valence-corrected chi connectivity index (χ3v) is 2.51. The maximum atomic E-state index is 10.8. The number of hydrogen-bond donors (Lipinski definition) is 1. The van der Waals surface area contributed by atoms with Crippen molar-refractivity contribution in [2.24, 2.45) is 0 Å². The molecule has 1 aliphatic rings. The molecule has 0 bridgehead atoms. The molecule has 1 unspecified atom stereocenters. The number of nitrogens with zero attached hydrogens (tertiary/aromatic N) is 1. The van der Waals surface area contributed by atoms with Crippen LogP contribution in [0.1, 0.15) is 0 Å². The van der Waals surface area contributed by atoms with Gasteiger partial charge in [0.15, 0.2) is 0 Å². The Morgan fingerprint density at radius 2 is 2.33 bits per heavy atom. The van der Waals surface area contributed by atoms with Crippen LogP contribution in [-0.4, -0.2) is 63.2 Å². The van der Waals surface area contributed by atoms with Crippen LogP contribution in [0.4, 0.5) is 4.79 Å². The van der Waals surface area contributed by atoms with Crippen LogP contribution in [0.5, 0.6) is 0 Å². The molecule has 0 radical (unpaired) electrons. The van der Waals surface area contributed by atoms with Gasteiger partial charge in [-0.2, -0.15) is 8.42 Å². The highest BCUT2D eigenvalue weighted by Gasteiger charge is 2.28. The minimum absolute atomic E-state index is 0.155. The lowest BCUT2D eigenvalue weighted by Crippen LogP contribution is -2.50. The molecule has 88 valence electrons. The molecule has 1 N–H and O–H groups in total. The summed E-state index contributed by atoms with van der Waals surface area (Å²) in [6.45, 7) is 0.502. The fourth-order valence-corrected chi connectivity index (χ4v) is 1.65. The predicted molar refractivity (Wildman–Crippen MR) is 50.1 cm³/mol. The minimum atomic E-state index is -3.55. The molecule has 0 spiro atoms. The quantitative estimate of drug-likeness (QED) is 0.657. The monoisotopic (exact) mass is 239 g/mol. The average molecular weight is 239 g/mol. The van der Waals surface area contributed by atoms with Gasteiger partial charge in [0, 0.05) is 6.54 Å². The summed E-state index contributed by atoms with van der Waals surface area (Å²) in [4.78, 5) is 11.9. The second-order valence-corrected chi connectivity index (χ2v) is 4.84. The minimum Gasteiger partial charge on any atom is -0.465 e. The molecule has 1 atom stereocenters. The van der Waals surface area contributed by atoms with E-state index in [0.717, 1.165) is 11.2 Å². The van der Waals surface area contributed by atoms with Gasteiger partial charge in [-0.25, -0.2) is 4.79 Å². The number of morpholine rings is 1. The first-order valence-corrected chi connectivity index (χ1v) is 6.13. The van der Waals surface area contributed by atoms with Gasteiger partial charge in [0.1, 0.15) is 0 Å². The van der Waals surface area contributed by atoms with Crippen molar-refractivity contribution in [3.63, 3.8) is 0 Å². The lowest BCUT2D eigenvalue weighted by atomic mass is 10.2. The average Bonchev–Trinajstić information content (AvgIpc) is 2.14. The molecule has 8 heteroatoms. The SMILES string of the molecule is CS(=O)(=O)OCC1COCCN1C(=O)O. The van der Waals surface area contributed by atoms with E-state index in [0.29, 0.717) is 6.61 Å². The molecule has 1 amide bonds. The number of carboxylic acid groups (broad SMARTS) is 1. The van der Waals surface area contributed by atoms with Crippen molar-refractivity contribution < 1.29 is 27.2 Å². The first-order chi connectivity index (χ1) is 6.90. The highest BCUT2D eigenvalue weighted by Crippen LogP contribution is 2.08. The van der Waals surface area contributed by atoms with Gasteiger partial charge in [-0.1, -0.05) is 0 Å². The molecule has 1 rings (SSSR count). The van der Waals surface area contributed by atoms with Gasteiger partial charge in [0.25, 0.3) is 10.1 Å². The second kappa shape index (κ2) is 4.77. The molecule has 1 fully saturated rings. The summed E-state index contributed by atoms with van der Waals surface area (Å²) in [5, 5.41) is 8.80. The zero-order valence-electron chi connectivity index (χ0n) is 8.25. The molecule has 0 aromatic carbocycles. The fraction of sp³-hybridized carbons (Fsp3) is 0.857. The Morgan fingerprint density at radius 3 is 2.87 bits per heavy atom. The van der Waals surface area contributed by atoms with E-state index in [-0.39, 0.29) is 19.8 Å². The van der Waals surface area contributed by atoms with Crippen LogP contribution >= 0.6 is 0 Å². The van der Waals surface area contributed by atoms with E-state index in [1.54, 1.807) is 0 Å². The smallest absolute Gasteiger partial charge is 0.407 e. The Hall–Kier alpha value is -0.860. The van der Waals surface area contributed by atoms with Gasteiger partial charge >= 0.3 is 6.09 Å². The van der Waals surface area contributed by atoms with E-state index in [1.807, 2.05) is 0 Å². The van der Waals surface area contributed by atoms with Crippen molar-refractivity contribution in [2.45, 2.75) is 6.04 Å². The topological polar surface area (TPSA) is 93.1 Å². The lowest BCUT2D eigenvalue weighted by Gasteiger charge is -2.32. The van der Waals surface area contributed by atoms with Crippen molar-refractivity contribution in [3.05, 3.63) is 0 Å². The molecule has 0 saturated carbocycles. The van der Waals surface area contributed by atoms with Crippen LogP contribution in [0.15, 0.2) is 0 Å². The normalized spacial score (nSPS) is 22.7. The van der Waals surface area contributed by atoms with Crippen LogP contribution in [0.3, 0.4) is 0 Å². The summed E-state index contributed by atoms with van der Waals surface area (Å²) in [6, 6.07) is -0.564. The van der Waals surface area contributed by atoms with Gasteiger partial charge in [0.2, 0.25) is 0 Å². The van der Waals surface area contributed by atoms with E-state index >= 15 is 0 Å². The lowest BCUT2D eigenvalue weighted by molar-refractivity contribution is -0.0139. The molecule has 15 heavy (non-hydrogen) atoms. The van der Waals surface area contributed by atoms with Crippen LogP contribution in [0.25, 0.3) is 0 Å². The molecule has 0 aromatic heterocycles. The van der Waals surface area contributed by atoms with Crippen molar-refractivity contribution in [3.8, 4) is 0 Å². The highest BCUT2D eigenvalue weighted by molar-refractivity contribution is 7.85. The van der Waals surface area contributed by atoms with Crippen molar-refractivity contribution in [1.29, 1.82) is 0 Å². The standard InChI is InChI=1S/C7H13NO6S/c1-15(11,12)14-5-6-4-13-3-2-8(6)7(9)10/h6H,2-5H2,1H3,(H,9,10). The van der Waals surface area contributed by atoms with Gasteiger partial charge in [-0.05, 0) is 0 Å². The summed E-state index contributed by atoms with van der Waals surface area (Å²) >= 11 is 0. The van der Waals surface area contributed by atoms with Crippen LogP contribution in [0.2, 0.25) is 0 Å². The number of ether oxygens (including phenoxy) is 1. The van der Waals surface area contributed by atoms with E-state index in [2.05, 4.69) is 4.18 Å². The van der Waals surface area contributed by atoms with E-state index in [9.17, 15) is 13.2 Å². The Bertz CT molecular complexity index is 326. The Balaban J connectivity index is 2.54. The number of hydrogen-bond acceptors (Lipinski definition) is 5. The first kappa shape index (κ1) is 12.2. The molecule has 1 heterocycles. The highest BCUT2D eigenvalue weighted by atomic mass is 32.2. The van der Waals surface area contributed by atoms with Crippen LogP contribution < -0.4 is 0 Å². The molecular formula is C7H13NO6S. The zero-order valence-corrected chi connectivity index (χ0v) is 9.07. The van der Waals surface area contributed by atoms with Crippen molar-refractivity contribution >= 4 is 16.2 Å². The Morgan fingerprint density at radius 1 is 1.67 bits per heavy atom. The maximum absolute atomic E-state index is 10.8. The Labute approximate surface area is 87.7 Å². The van der Waals surface area contributed by atoms with E-state index in [1.165, 1.54) is 0 Å². The third-order valence-electron chi connectivity index (χ3n) is 1.95. The fourth-order valence-electron chi connectivity index (χ4n) is 1.25. The summed E-state index contributed by atoms with van der Waals surface area (Å²) in [5.41, 5.74) is 0. The first-order valence-electron chi connectivity index (χ1n) is 4.32. The maximum Gasteiger partial charge on any atom is 0.407 e. The number of rotatable bonds is 3. The molecular weight excluding hydrogens is 226 g/mol. The zero-order chi connectivity index (χ0) is 11.5. The van der Waals surface area contributed by atoms with Crippen LogP contribution in [-0.2, 0) is 19.0 Å². The van der Waals surface area contributed by atoms with Crippen molar-refractivity contribution in [1.82, 2.24) is 4.90 Å². The van der Waals surface area contributed by atoms with Gasteiger partial charge in [-0.3, -0.25) is 9.08 Å². The predicted octanol–water partition coefficient (Wildman–Crippen LogP) is -0.659. The second-order valence-electron chi connectivity index (χ2n) is 3.19. The summed E-state index contributed by atoms with van der Waals surface area (Å²) in [7, 11) is -3.55. The molecule has 0 aromatic rings. The molecule has 7 nitrogen and oxygen atoms in total. The molecule has 1 saturated heterocycles. The van der Waals surface area contributed by atoms with Gasteiger partial charge in [-0.15, -0.1) is 0 Å². The Kier molecular flexibility index (Phi) is 3.89. The summed E-state index contributed by atoms with van der Waals surface area (Å²) in [6.07, 6.45) is -0.178. The van der Waals surface area contributed by atoms with E-state index < -0.39 is 22.3 Å². The van der Waals surface area contributed by atoms with Crippen LogP contribution in [0, 0.1) is 0 Å². The summed E-state index contributed by atoms with van der Waals surface area (Å²) in [5.74, 6) is 0. The number of carbonyl (C=O) groups is 1. The summed E-state index contributed by atoms with van der Waals surface area (Å²) < 4.78 is 31.0. The largest absolute Gasteiger partial charge is 0.465 e. The molecule has 0 aliphatic carbocycles. The van der Waals surface area contributed by atoms with E-state index in [4.69, 9.17) is 9.84 Å². The van der Waals surface area contributed by atoms with Gasteiger partial charge < -0.3 is 9.84 Å². The third kappa shape index (κ3) is 4.02.